The normalized spacial score (nSPS) is 11.9. The zero-order valence-electron chi connectivity index (χ0n) is 13.5. The fourth-order valence-electron chi connectivity index (χ4n) is 2.38. The van der Waals surface area contributed by atoms with Crippen LogP contribution in [0.3, 0.4) is 0 Å². The van der Waals surface area contributed by atoms with Crippen LogP contribution in [0, 0.1) is 0 Å². The molecule has 3 aromatic rings. The van der Waals surface area contributed by atoms with Crippen molar-refractivity contribution in [2.45, 2.75) is 13.0 Å². The van der Waals surface area contributed by atoms with E-state index in [0.717, 1.165) is 5.56 Å². The van der Waals surface area contributed by atoms with Gasteiger partial charge in [0.1, 0.15) is 5.65 Å². The molecular weight excluding hydrogens is 342 g/mol. The summed E-state index contributed by atoms with van der Waals surface area (Å²) in [6, 6.07) is 12.4. The summed E-state index contributed by atoms with van der Waals surface area (Å²) in [6.45, 7) is 1.45. The molecule has 3 rings (SSSR count). The first-order valence-electron chi connectivity index (χ1n) is 7.68. The number of aromatic nitrogens is 2. The molecule has 1 amide bonds. The zero-order chi connectivity index (χ0) is 17.8. The molecular formula is C18H16ClN3O3. The van der Waals surface area contributed by atoms with Crippen molar-refractivity contribution in [2.24, 2.45) is 0 Å². The highest BCUT2D eigenvalue weighted by Gasteiger charge is 2.15. The summed E-state index contributed by atoms with van der Waals surface area (Å²) < 4.78 is 6.73. The molecule has 2 heterocycles. The lowest BCUT2D eigenvalue weighted by atomic mass is 10.1. The van der Waals surface area contributed by atoms with Crippen molar-refractivity contribution in [1.82, 2.24) is 14.7 Å². The number of imidazole rings is 1. The quantitative estimate of drug-likeness (QED) is 0.712. The Labute approximate surface area is 149 Å². The van der Waals surface area contributed by atoms with Crippen LogP contribution in [-0.2, 0) is 9.53 Å². The number of nitrogens with zero attached hydrogens (tertiary/aromatic N) is 2. The van der Waals surface area contributed by atoms with Gasteiger partial charge < -0.3 is 14.5 Å². The third-order valence-corrected chi connectivity index (χ3v) is 3.87. The highest BCUT2D eigenvalue weighted by atomic mass is 35.5. The maximum absolute atomic E-state index is 12.0. The summed E-state index contributed by atoms with van der Waals surface area (Å²) in [4.78, 5) is 28.1. The average molecular weight is 358 g/mol. The van der Waals surface area contributed by atoms with Gasteiger partial charge in [-0.1, -0.05) is 29.8 Å². The van der Waals surface area contributed by atoms with E-state index in [0.29, 0.717) is 10.7 Å². The Kier molecular flexibility index (Phi) is 5.00. The fourth-order valence-corrected chi connectivity index (χ4v) is 2.58. The molecule has 0 spiro atoms. The minimum atomic E-state index is -0.644. The van der Waals surface area contributed by atoms with Crippen LogP contribution in [-0.4, -0.2) is 27.9 Å². The van der Waals surface area contributed by atoms with Crippen molar-refractivity contribution in [3.05, 3.63) is 71.1 Å². The molecule has 0 radical (unpaired) electrons. The zero-order valence-corrected chi connectivity index (χ0v) is 14.2. The molecule has 6 nitrogen and oxygen atoms in total. The first kappa shape index (κ1) is 17.0. The van der Waals surface area contributed by atoms with Crippen molar-refractivity contribution in [3.8, 4) is 0 Å². The van der Waals surface area contributed by atoms with Crippen molar-refractivity contribution in [1.29, 1.82) is 0 Å². The Balaban J connectivity index is 1.55. The van der Waals surface area contributed by atoms with Crippen LogP contribution in [0.2, 0.25) is 5.02 Å². The van der Waals surface area contributed by atoms with E-state index in [-0.39, 0.29) is 18.3 Å². The first-order valence-corrected chi connectivity index (χ1v) is 8.06. The largest absolute Gasteiger partial charge is 0.451 e. The van der Waals surface area contributed by atoms with Gasteiger partial charge in [0.15, 0.2) is 12.3 Å². The van der Waals surface area contributed by atoms with Gasteiger partial charge in [0.25, 0.3) is 5.91 Å². The van der Waals surface area contributed by atoms with Gasteiger partial charge in [-0.3, -0.25) is 4.79 Å². The number of rotatable bonds is 5. The van der Waals surface area contributed by atoms with Crippen molar-refractivity contribution < 1.29 is 14.3 Å². The van der Waals surface area contributed by atoms with Gasteiger partial charge in [0, 0.05) is 17.4 Å². The van der Waals surface area contributed by atoms with Crippen molar-refractivity contribution in [3.63, 3.8) is 0 Å². The topological polar surface area (TPSA) is 72.7 Å². The summed E-state index contributed by atoms with van der Waals surface area (Å²) in [5.74, 6) is -1.04. The SMILES string of the molecule is C[C@H](NC(=O)COC(=O)c1cn2ccccc2n1)c1cccc(Cl)c1. The van der Waals surface area contributed by atoms with Gasteiger partial charge in [-0.2, -0.15) is 0 Å². The lowest BCUT2D eigenvalue weighted by molar-refractivity contribution is -0.124. The van der Waals surface area contributed by atoms with Gasteiger partial charge in [0.2, 0.25) is 0 Å². The molecule has 0 unspecified atom stereocenters. The molecule has 2 aromatic heterocycles. The summed E-state index contributed by atoms with van der Waals surface area (Å²) in [7, 11) is 0. The van der Waals surface area contributed by atoms with Gasteiger partial charge in [-0.05, 0) is 36.8 Å². The lowest BCUT2D eigenvalue weighted by Crippen LogP contribution is -2.31. The minimum Gasteiger partial charge on any atom is -0.451 e. The second-order valence-corrected chi connectivity index (χ2v) is 5.95. The van der Waals surface area contributed by atoms with Crippen LogP contribution in [0.25, 0.3) is 5.65 Å². The molecule has 7 heteroatoms. The third-order valence-electron chi connectivity index (χ3n) is 3.63. The number of nitrogens with one attached hydrogen (secondary N) is 1. The van der Waals surface area contributed by atoms with Crippen molar-refractivity contribution >= 4 is 29.1 Å². The van der Waals surface area contributed by atoms with Crippen LogP contribution in [0.5, 0.6) is 0 Å². The fraction of sp³-hybridized carbons (Fsp3) is 0.167. The molecule has 0 saturated carbocycles. The Hall–Kier alpha value is -2.86. The minimum absolute atomic E-state index is 0.155. The predicted octanol–water partition coefficient (Wildman–Crippen LogP) is 3.02. The monoisotopic (exact) mass is 357 g/mol. The summed E-state index contributed by atoms with van der Waals surface area (Å²) in [5.41, 5.74) is 1.66. The second-order valence-electron chi connectivity index (χ2n) is 5.51. The lowest BCUT2D eigenvalue weighted by Gasteiger charge is -2.14. The molecule has 0 aliphatic heterocycles. The summed E-state index contributed by atoms with van der Waals surface area (Å²) >= 11 is 5.94. The van der Waals surface area contributed by atoms with Crippen molar-refractivity contribution in [2.75, 3.05) is 6.61 Å². The molecule has 0 bridgehead atoms. The Morgan fingerprint density at radius 3 is 2.88 bits per heavy atom. The summed E-state index contributed by atoms with van der Waals surface area (Å²) in [5, 5.41) is 3.35. The van der Waals surface area contributed by atoms with E-state index in [1.807, 2.05) is 31.2 Å². The van der Waals surface area contributed by atoms with E-state index < -0.39 is 11.9 Å². The van der Waals surface area contributed by atoms with Gasteiger partial charge >= 0.3 is 5.97 Å². The first-order chi connectivity index (χ1) is 12.0. The van der Waals surface area contributed by atoms with E-state index in [1.165, 1.54) is 0 Å². The molecule has 1 aromatic carbocycles. The number of pyridine rings is 1. The molecule has 1 atom stereocenters. The highest BCUT2D eigenvalue weighted by Crippen LogP contribution is 2.17. The maximum Gasteiger partial charge on any atom is 0.359 e. The number of carbonyl (C=O) groups is 2. The molecule has 0 saturated heterocycles. The Morgan fingerprint density at radius 1 is 1.28 bits per heavy atom. The molecule has 0 aliphatic rings. The number of ether oxygens (including phenoxy) is 1. The van der Waals surface area contributed by atoms with Crippen LogP contribution < -0.4 is 5.32 Å². The Bertz CT molecular complexity index is 890. The van der Waals surface area contributed by atoms with E-state index in [9.17, 15) is 9.59 Å². The van der Waals surface area contributed by atoms with E-state index >= 15 is 0 Å². The van der Waals surface area contributed by atoms with Gasteiger partial charge in [-0.15, -0.1) is 0 Å². The Morgan fingerprint density at radius 2 is 2.12 bits per heavy atom. The maximum atomic E-state index is 12.0. The van der Waals surface area contributed by atoms with E-state index in [4.69, 9.17) is 16.3 Å². The number of carbonyl (C=O) groups excluding carboxylic acids is 2. The number of fused-ring (bicyclic) bond motifs is 1. The number of hydrogen-bond donors (Lipinski definition) is 1. The molecule has 1 N–H and O–H groups in total. The predicted molar refractivity (Wildman–Crippen MR) is 93.5 cm³/mol. The molecule has 128 valence electrons. The average Bonchev–Trinajstić information content (AvgIpc) is 3.04. The second kappa shape index (κ2) is 7.36. The van der Waals surface area contributed by atoms with Gasteiger partial charge in [-0.25, -0.2) is 9.78 Å². The molecule has 0 fully saturated rings. The molecule has 0 aliphatic carbocycles. The summed E-state index contributed by atoms with van der Waals surface area (Å²) in [6.07, 6.45) is 3.34. The van der Waals surface area contributed by atoms with Crippen LogP contribution in [0.15, 0.2) is 54.9 Å². The van der Waals surface area contributed by atoms with Crippen LogP contribution in [0.1, 0.15) is 29.0 Å². The highest BCUT2D eigenvalue weighted by molar-refractivity contribution is 6.30. The van der Waals surface area contributed by atoms with E-state index in [1.54, 1.807) is 35.0 Å². The molecule has 25 heavy (non-hydrogen) atoms. The number of hydrogen-bond acceptors (Lipinski definition) is 4. The van der Waals surface area contributed by atoms with Crippen LogP contribution >= 0.6 is 11.6 Å². The standard InChI is InChI=1S/C18H16ClN3O3/c1-12(13-5-4-6-14(19)9-13)20-17(23)11-25-18(24)15-10-22-8-3-2-7-16(22)21-15/h2-10,12H,11H2,1H3,(H,20,23)/t12-/m0/s1. The number of amides is 1. The smallest absolute Gasteiger partial charge is 0.359 e. The number of halogens is 1. The third kappa shape index (κ3) is 4.16. The van der Waals surface area contributed by atoms with Crippen LogP contribution in [0.4, 0.5) is 0 Å². The van der Waals surface area contributed by atoms with E-state index in [2.05, 4.69) is 10.3 Å². The number of benzene rings is 1. The van der Waals surface area contributed by atoms with Gasteiger partial charge in [0.05, 0.1) is 6.04 Å². The number of esters is 1.